The van der Waals surface area contributed by atoms with E-state index >= 15 is 0 Å². The van der Waals surface area contributed by atoms with Crippen LogP contribution in [0.1, 0.15) is 0 Å². The van der Waals surface area contributed by atoms with E-state index in [1.807, 2.05) is 30.3 Å². The maximum atomic E-state index is 5.67. The molecule has 3 aromatic rings. The van der Waals surface area contributed by atoms with E-state index in [-0.39, 0.29) is 0 Å². The summed E-state index contributed by atoms with van der Waals surface area (Å²) in [6.07, 6.45) is 1.74. The van der Waals surface area contributed by atoms with Gasteiger partial charge in [0.2, 0.25) is 5.95 Å². The molecule has 0 aliphatic heterocycles. The molecule has 0 radical (unpaired) electrons. The van der Waals surface area contributed by atoms with E-state index in [0.717, 1.165) is 16.6 Å². The van der Waals surface area contributed by atoms with Crippen molar-refractivity contribution in [3.8, 4) is 0 Å². The van der Waals surface area contributed by atoms with Crippen molar-refractivity contribution < 1.29 is 0 Å². The van der Waals surface area contributed by atoms with E-state index in [2.05, 4.69) is 36.2 Å². The van der Waals surface area contributed by atoms with Gasteiger partial charge in [-0.25, -0.2) is 4.98 Å². The van der Waals surface area contributed by atoms with Crippen LogP contribution in [0.25, 0.3) is 10.9 Å². The maximum absolute atomic E-state index is 5.67. The first-order valence-corrected chi connectivity index (χ1v) is 6.42. The summed E-state index contributed by atoms with van der Waals surface area (Å²) in [6, 6.07) is 11.5. The number of nitrogens with one attached hydrogen (secondary N) is 1. The van der Waals surface area contributed by atoms with Gasteiger partial charge in [-0.3, -0.25) is 4.98 Å². The summed E-state index contributed by atoms with van der Waals surface area (Å²) in [7, 11) is 0. The van der Waals surface area contributed by atoms with E-state index in [1.54, 1.807) is 12.3 Å². The molecule has 94 valence electrons. The lowest BCUT2D eigenvalue weighted by Gasteiger charge is -2.06. The first-order valence-electron chi connectivity index (χ1n) is 5.62. The van der Waals surface area contributed by atoms with Crippen LogP contribution in [0, 0.1) is 0 Å². The van der Waals surface area contributed by atoms with Crippen molar-refractivity contribution >= 4 is 44.3 Å². The Morgan fingerprint density at radius 1 is 1.11 bits per heavy atom. The average Bonchev–Trinajstić information content (AvgIpc) is 2.37. The lowest BCUT2D eigenvalue weighted by Crippen LogP contribution is -2.00. The van der Waals surface area contributed by atoms with Gasteiger partial charge in [0.25, 0.3) is 0 Å². The first kappa shape index (κ1) is 11.9. The van der Waals surface area contributed by atoms with Gasteiger partial charge in [-0.2, -0.15) is 4.98 Å². The van der Waals surface area contributed by atoms with Crippen LogP contribution in [0.4, 0.5) is 17.5 Å². The van der Waals surface area contributed by atoms with E-state index in [1.165, 1.54) is 0 Å². The van der Waals surface area contributed by atoms with Crippen LogP contribution in [0.15, 0.2) is 47.2 Å². The Morgan fingerprint density at radius 2 is 1.95 bits per heavy atom. The highest BCUT2D eigenvalue weighted by Gasteiger charge is 2.02. The number of benzene rings is 1. The third-order valence-corrected chi connectivity index (χ3v) is 2.97. The van der Waals surface area contributed by atoms with Gasteiger partial charge in [-0.1, -0.05) is 18.2 Å². The number of nitrogen functional groups attached to an aromatic ring is 1. The molecule has 0 fully saturated rings. The first-order chi connectivity index (χ1) is 9.20. The number of aromatic nitrogens is 3. The van der Waals surface area contributed by atoms with Crippen LogP contribution in [0.3, 0.4) is 0 Å². The zero-order chi connectivity index (χ0) is 13.2. The van der Waals surface area contributed by atoms with Crippen LogP contribution >= 0.6 is 15.9 Å². The van der Waals surface area contributed by atoms with Crippen molar-refractivity contribution in [2.75, 3.05) is 11.1 Å². The molecule has 19 heavy (non-hydrogen) atoms. The van der Waals surface area contributed by atoms with E-state index < -0.39 is 0 Å². The number of nitrogens with zero attached hydrogens (tertiary/aromatic N) is 3. The Labute approximate surface area is 118 Å². The van der Waals surface area contributed by atoms with Crippen molar-refractivity contribution in [3.05, 3.63) is 47.2 Å². The van der Waals surface area contributed by atoms with Crippen molar-refractivity contribution in [2.45, 2.75) is 0 Å². The van der Waals surface area contributed by atoms with Gasteiger partial charge in [0.05, 0.1) is 17.4 Å². The van der Waals surface area contributed by atoms with Gasteiger partial charge in [0.1, 0.15) is 10.4 Å². The molecule has 3 N–H and O–H groups in total. The molecule has 0 unspecified atom stereocenters. The minimum Gasteiger partial charge on any atom is -0.383 e. The third-order valence-electron chi connectivity index (χ3n) is 2.56. The van der Waals surface area contributed by atoms with Crippen molar-refractivity contribution in [1.82, 2.24) is 15.0 Å². The Bertz CT molecular complexity index is 724. The molecule has 0 saturated carbocycles. The van der Waals surface area contributed by atoms with Gasteiger partial charge >= 0.3 is 0 Å². The molecule has 0 spiro atoms. The van der Waals surface area contributed by atoms with Gasteiger partial charge < -0.3 is 11.1 Å². The van der Waals surface area contributed by atoms with Gasteiger partial charge in [-0.15, -0.1) is 0 Å². The highest BCUT2D eigenvalue weighted by atomic mass is 79.9. The minimum atomic E-state index is 0.401. The Kier molecular flexibility index (Phi) is 3.00. The quantitative estimate of drug-likeness (QED) is 0.710. The lowest BCUT2D eigenvalue weighted by molar-refractivity contribution is 1.15. The summed E-state index contributed by atoms with van der Waals surface area (Å²) in [5.74, 6) is 0.835. The van der Waals surface area contributed by atoms with E-state index in [0.29, 0.717) is 16.4 Å². The third kappa shape index (κ3) is 2.63. The fraction of sp³-hybridized carbons (Fsp3) is 0. The molecule has 0 aliphatic carbocycles. The second-order valence-electron chi connectivity index (χ2n) is 3.98. The number of rotatable bonds is 2. The largest absolute Gasteiger partial charge is 0.383 e. The molecular weight excluding hydrogens is 306 g/mol. The summed E-state index contributed by atoms with van der Waals surface area (Å²) in [6.45, 7) is 0. The smallest absolute Gasteiger partial charge is 0.230 e. The zero-order valence-corrected chi connectivity index (χ0v) is 11.4. The fourth-order valence-corrected chi connectivity index (χ4v) is 2.16. The van der Waals surface area contributed by atoms with Crippen LogP contribution < -0.4 is 11.1 Å². The molecule has 5 nitrogen and oxygen atoms in total. The van der Waals surface area contributed by atoms with Crippen LogP contribution in [-0.2, 0) is 0 Å². The number of hydrogen-bond acceptors (Lipinski definition) is 5. The number of fused-ring (bicyclic) bond motifs is 1. The zero-order valence-electron chi connectivity index (χ0n) is 9.84. The molecule has 6 heteroatoms. The van der Waals surface area contributed by atoms with Gasteiger partial charge in [0, 0.05) is 11.5 Å². The molecule has 2 aromatic heterocycles. The summed E-state index contributed by atoms with van der Waals surface area (Å²) >= 11 is 3.28. The van der Waals surface area contributed by atoms with Gasteiger partial charge in [-0.05, 0) is 28.1 Å². The number of hydrogen-bond donors (Lipinski definition) is 2. The SMILES string of the molecule is Nc1cc(Br)nc(Nc2cnc3ccccc3c2)n1. The number of pyridine rings is 1. The normalized spacial score (nSPS) is 10.6. The Morgan fingerprint density at radius 3 is 2.79 bits per heavy atom. The minimum absolute atomic E-state index is 0.401. The molecule has 0 aliphatic rings. The summed E-state index contributed by atoms with van der Waals surface area (Å²) in [4.78, 5) is 12.7. The average molecular weight is 316 g/mol. The second kappa shape index (κ2) is 4.81. The fourth-order valence-electron chi connectivity index (χ4n) is 1.76. The molecule has 1 aromatic carbocycles. The number of halogens is 1. The van der Waals surface area contributed by atoms with Crippen molar-refractivity contribution in [3.63, 3.8) is 0 Å². The number of para-hydroxylation sites is 1. The van der Waals surface area contributed by atoms with Crippen LogP contribution in [-0.4, -0.2) is 15.0 Å². The molecule has 0 saturated heterocycles. The number of nitrogens with two attached hydrogens (primary N) is 1. The highest BCUT2D eigenvalue weighted by molar-refractivity contribution is 9.10. The molecule has 0 amide bonds. The number of anilines is 3. The summed E-state index contributed by atoms with van der Waals surface area (Å²) in [5, 5.41) is 4.13. The Hall–Kier alpha value is -2.21. The molecule has 0 bridgehead atoms. The van der Waals surface area contributed by atoms with E-state index in [9.17, 15) is 0 Å². The standard InChI is InChI=1S/C13H10BrN5/c14-11-6-12(15)19-13(18-11)17-9-5-8-3-1-2-4-10(8)16-7-9/h1-7H,(H3,15,17,18,19). The molecule has 3 rings (SSSR count). The summed E-state index contributed by atoms with van der Waals surface area (Å²) < 4.78 is 0.635. The van der Waals surface area contributed by atoms with Crippen molar-refractivity contribution in [1.29, 1.82) is 0 Å². The lowest BCUT2D eigenvalue weighted by atomic mass is 10.2. The van der Waals surface area contributed by atoms with Gasteiger partial charge in [0.15, 0.2) is 0 Å². The predicted molar refractivity (Wildman–Crippen MR) is 79.2 cm³/mol. The maximum Gasteiger partial charge on any atom is 0.230 e. The van der Waals surface area contributed by atoms with Crippen LogP contribution in [0.2, 0.25) is 0 Å². The molecule has 2 heterocycles. The Balaban J connectivity index is 1.96. The predicted octanol–water partition coefficient (Wildman–Crippen LogP) is 3.11. The van der Waals surface area contributed by atoms with E-state index in [4.69, 9.17) is 5.73 Å². The highest BCUT2D eigenvalue weighted by Crippen LogP contribution is 2.20. The topological polar surface area (TPSA) is 76.7 Å². The second-order valence-corrected chi connectivity index (χ2v) is 4.79. The van der Waals surface area contributed by atoms with Crippen LogP contribution in [0.5, 0.6) is 0 Å². The van der Waals surface area contributed by atoms with Crippen molar-refractivity contribution in [2.24, 2.45) is 0 Å². The summed E-state index contributed by atoms with van der Waals surface area (Å²) in [5.41, 5.74) is 7.43. The monoisotopic (exact) mass is 315 g/mol. The molecular formula is C13H10BrN5. The molecule has 0 atom stereocenters.